The summed E-state index contributed by atoms with van der Waals surface area (Å²) >= 11 is 0. The molecule has 1 amide bonds. The van der Waals surface area contributed by atoms with E-state index in [1.807, 2.05) is 13.1 Å². The zero-order valence-corrected chi connectivity index (χ0v) is 13.7. The van der Waals surface area contributed by atoms with Crippen LogP contribution in [-0.4, -0.2) is 28.4 Å². The van der Waals surface area contributed by atoms with Gasteiger partial charge in [-0.25, -0.2) is 4.39 Å². The van der Waals surface area contributed by atoms with Gasteiger partial charge in [-0.15, -0.1) is 0 Å². The molecule has 0 saturated carbocycles. The summed E-state index contributed by atoms with van der Waals surface area (Å²) < 4.78 is 20.7. The van der Waals surface area contributed by atoms with Gasteiger partial charge in [0.05, 0.1) is 18.3 Å². The number of hydrogen-bond acceptors (Lipinski definition) is 3. The number of nitrogens with one attached hydrogen (secondary N) is 1. The van der Waals surface area contributed by atoms with Crippen molar-refractivity contribution >= 4 is 5.91 Å². The number of amides is 1. The maximum atomic E-state index is 13.2. The highest BCUT2D eigenvalue weighted by Crippen LogP contribution is 2.27. The van der Waals surface area contributed by atoms with Gasteiger partial charge in [-0.1, -0.05) is 12.1 Å². The van der Waals surface area contributed by atoms with E-state index in [1.165, 1.54) is 12.1 Å². The van der Waals surface area contributed by atoms with Crippen molar-refractivity contribution in [1.82, 2.24) is 15.1 Å². The minimum atomic E-state index is -0.287. The Bertz CT molecular complexity index is 678. The highest BCUT2D eigenvalue weighted by atomic mass is 19.1. The van der Waals surface area contributed by atoms with Crippen molar-refractivity contribution in [3.05, 3.63) is 53.6 Å². The second kappa shape index (κ2) is 7.57. The lowest BCUT2D eigenvalue weighted by molar-refractivity contribution is -0.123. The maximum Gasteiger partial charge on any atom is 0.222 e. The Morgan fingerprint density at radius 1 is 1.46 bits per heavy atom. The van der Waals surface area contributed by atoms with Crippen molar-refractivity contribution < 1.29 is 13.9 Å². The Labute approximate surface area is 140 Å². The van der Waals surface area contributed by atoms with Crippen molar-refractivity contribution in [2.24, 2.45) is 0 Å². The van der Waals surface area contributed by atoms with Crippen LogP contribution in [0, 0.1) is 12.7 Å². The van der Waals surface area contributed by atoms with Crippen molar-refractivity contribution in [2.75, 3.05) is 6.61 Å². The van der Waals surface area contributed by atoms with Gasteiger partial charge in [0.2, 0.25) is 5.91 Å². The Morgan fingerprint density at radius 3 is 2.88 bits per heavy atom. The molecule has 0 unspecified atom stereocenters. The van der Waals surface area contributed by atoms with E-state index >= 15 is 0 Å². The molecule has 24 heavy (non-hydrogen) atoms. The van der Waals surface area contributed by atoms with E-state index in [1.54, 1.807) is 23.0 Å². The van der Waals surface area contributed by atoms with Crippen molar-refractivity contribution in [3.8, 4) is 0 Å². The Morgan fingerprint density at radius 2 is 2.25 bits per heavy atom. The Hall–Kier alpha value is -2.21. The van der Waals surface area contributed by atoms with Crippen LogP contribution in [0.2, 0.25) is 0 Å². The average Bonchev–Trinajstić information content (AvgIpc) is 3.23. The number of rotatable bonds is 6. The van der Waals surface area contributed by atoms with Gasteiger partial charge in [0.15, 0.2) is 0 Å². The summed E-state index contributed by atoms with van der Waals surface area (Å²) in [6.45, 7) is 3.19. The average molecular weight is 331 g/mol. The van der Waals surface area contributed by atoms with E-state index < -0.39 is 0 Å². The first kappa shape index (κ1) is 16.6. The molecular formula is C18H22FN3O2. The van der Waals surface area contributed by atoms with E-state index in [0.717, 1.165) is 24.0 Å². The van der Waals surface area contributed by atoms with Crippen LogP contribution in [0.5, 0.6) is 0 Å². The first-order chi connectivity index (χ1) is 11.6. The van der Waals surface area contributed by atoms with Crippen LogP contribution >= 0.6 is 0 Å². The molecule has 0 spiro atoms. The molecule has 5 nitrogen and oxygen atoms in total. The summed E-state index contributed by atoms with van der Waals surface area (Å²) in [7, 11) is 0. The molecule has 1 aromatic carbocycles. The summed E-state index contributed by atoms with van der Waals surface area (Å²) in [6.07, 6.45) is 5.82. The predicted octanol–water partition coefficient (Wildman–Crippen LogP) is 2.76. The minimum Gasteiger partial charge on any atom is -0.376 e. The van der Waals surface area contributed by atoms with Gasteiger partial charge < -0.3 is 10.1 Å². The van der Waals surface area contributed by atoms with Gasteiger partial charge in [-0.05, 0) is 43.0 Å². The third-order valence-electron chi connectivity index (χ3n) is 4.21. The number of ether oxygens (including phenoxy) is 1. The van der Waals surface area contributed by atoms with Crippen LogP contribution in [0.1, 0.15) is 36.4 Å². The summed E-state index contributed by atoms with van der Waals surface area (Å²) in [4.78, 5) is 12.3. The minimum absolute atomic E-state index is 0.0621. The third kappa shape index (κ3) is 4.20. The monoisotopic (exact) mass is 331 g/mol. The lowest BCUT2D eigenvalue weighted by atomic mass is 9.99. The normalized spacial score (nSPS) is 18.5. The molecular weight excluding hydrogens is 309 g/mol. The SMILES string of the molecule is Cc1cnn(CCC(=O)N[C@H](c2ccc(F)cc2)[C@@H]2CCCO2)c1. The van der Waals surface area contributed by atoms with Gasteiger partial charge in [-0.3, -0.25) is 9.48 Å². The van der Waals surface area contributed by atoms with Crippen LogP contribution < -0.4 is 5.32 Å². The first-order valence-electron chi connectivity index (χ1n) is 8.27. The summed E-state index contributed by atoms with van der Waals surface area (Å²) in [6, 6.07) is 5.99. The van der Waals surface area contributed by atoms with Crippen molar-refractivity contribution in [2.45, 2.75) is 44.9 Å². The molecule has 1 N–H and O–H groups in total. The molecule has 2 heterocycles. The van der Waals surface area contributed by atoms with E-state index in [-0.39, 0.29) is 23.9 Å². The third-order valence-corrected chi connectivity index (χ3v) is 4.21. The number of nitrogens with zero attached hydrogens (tertiary/aromatic N) is 2. The summed E-state index contributed by atoms with van der Waals surface area (Å²) in [5.41, 5.74) is 1.94. The number of halogens is 1. The largest absolute Gasteiger partial charge is 0.376 e. The fraction of sp³-hybridized carbons (Fsp3) is 0.444. The van der Waals surface area contributed by atoms with Gasteiger partial charge >= 0.3 is 0 Å². The second-order valence-corrected chi connectivity index (χ2v) is 6.18. The molecule has 0 aliphatic carbocycles. The predicted molar refractivity (Wildman–Crippen MR) is 87.8 cm³/mol. The number of aromatic nitrogens is 2. The quantitative estimate of drug-likeness (QED) is 0.885. The Balaban J connectivity index is 1.64. The topological polar surface area (TPSA) is 56.2 Å². The van der Waals surface area contributed by atoms with Crippen LogP contribution in [-0.2, 0) is 16.1 Å². The zero-order valence-electron chi connectivity index (χ0n) is 13.7. The van der Waals surface area contributed by atoms with Gasteiger partial charge in [0.1, 0.15) is 5.82 Å². The van der Waals surface area contributed by atoms with E-state index in [0.29, 0.717) is 19.6 Å². The Kier molecular flexibility index (Phi) is 5.25. The molecule has 2 aromatic rings. The smallest absolute Gasteiger partial charge is 0.222 e. The van der Waals surface area contributed by atoms with Crippen LogP contribution in [0.3, 0.4) is 0 Å². The molecule has 1 saturated heterocycles. The molecule has 1 aromatic heterocycles. The fourth-order valence-corrected chi connectivity index (χ4v) is 2.98. The molecule has 0 radical (unpaired) electrons. The van der Waals surface area contributed by atoms with Crippen molar-refractivity contribution in [3.63, 3.8) is 0 Å². The highest BCUT2D eigenvalue weighted by molar-refractivity contribution is 5.76. The van der Waals surface area contributed by atoms with Crippen molar-refractivity contribution in [1.29, 1.82) is 0 Å². The van der Waals surface area contributed by atoms with E-state index in [2.05, 4.69) is 10.4 Å². The summed E-state index contributed by atoms with van der Waals surface area (Å²) in [5, 5.41) is 7.23. The van der Waals surface area contributed by atoms with Crippen LogP contribution in [0.25, 0.3) is 0 Å². The van der Waals surface area contributed by atoms with Gasteiger partial charge in [0, 0.05) is 25.8 Å². The first-order valence-corrected chi connectivity index (χ1v) is 8.27. The maximum absolute atomic E-state index is 13.2. The van der Waals surface area contributed by atoms with E-state index in [4.69, 9.17) is 4.74 Å². The van der Waals surface area contributed by atoms with Gasteiger partial charge in [-0.2, -0.15) is 5.10 Å². The lowest BCUT2D eigenvalue weighted by Gasteiger charge is -2.25. The number of aryl methyl sites for hydroxylation is 2. The standard InChI is InChI=1S/C18H22FN3O2/c1-13-11-20-22(12-13)9-8-17(23)21-18(16-3-2-10-24-16)14-4-6-15(19)7-5-14/h4-7,11-12,16,18H,2-3,8-10H2,1H3,(H,21,23)/t16-,18+/m0/s1. The molecule has 2 atom stereocenters. The number of benzene rings is 1. The number of carbonyl (C=O) groups is 1. The van der Waals surface area contributed by atoms with E-state index in [9.17, 15) is 9.18 Å². The van der Waals surface area contributed by atoms with Crippen LogP contribution in [0.4, 0.5) is 4.39 Å². The molecule has 1 aliphatic heterocycles. The zero-order chi connectivity index (χ0) is 16.9. The molecule has 3 rings (SSSR count). The number of hydrogen-bond donors (Lipinski definition) is 1. The fourth-order valence-electron chi connectivity index (χ4n) is 2.98. The number of carbonyl (C=O) groups excluding carboxylic acids is 1. The van der Waals surface area contributed by atoms with Gasteiger partial charge in [0.25, 0.3) is 0 Å². The molecule has 1 aliphatic rings. The molecule has 1 fully saturated rings. The summed E-state index contributed by atoms with van der Waals surface area (Å²) in [5.74, 6) is -0.349. The molecule has 6 heteroatoms. The molecule has 128 valence electrons. The highest BCUT2D eigenvalue weighted by Gasteiger charge is 2.28. The lowest BCUT2D eigenvalue weighted by Crippen LogP contribution is -2.36. The molecule has 0 bridgehead atoms. The van der Waals surface area contributed by atoms with Crippen LogP contribution in [0.15, 0.2) is 36.7 Å². The second-order valence-electron chi connectivity index (χ2n) is 6.18.